The molecule has 0 aliphatic carbocycles. The Morgan fingerprint density at radius 1 is 1.08 bits per heavy atom. The summed E-state index contributed by atoms with van der Waals surface area (Å²) in [6, 6.07) is 17.1. The molecule has 0 bridgehead atoms. The van der Waals surface area contributed by atoms with Crippen LogP contribution < -0.4 is 14.2 Å². The molecule has 196 valence electrons. The van der Waals surface area contributed by atoms with Crippen LogP contribution in [0.2, 0.25) is 5.02 Å². The number of thioether (sulfide) groups is 1. The number of halogens is 1. The van der Waals surface area contributed by atoms with Gasteiger partial charge in [0.05, 0.1) is 35.4 Å². The molecule has 4 rings (SSSR count). The van der Waals surface area contributed by atoms with Crippen LogP contribution in [0.1, 0.15) is 28.4 Å². The van der Waals surface area contributed by atoms with Gasteiger partial charge in [-0.05, 0) is 84.4 Å². The molecular formula is C28H25ClN2O6S. The zero-order valence-corrected chi connectivity index (χ0v) is 22.5. The average Bonchev–Trinajstić information content (AvgIpc) is 3.21. The second-order valence-corrected chi connectivity index (χ2v) is 9.49. The molecule has 0 spiro atoms. The number of amidine groups is 1. The van der Waals surface area contributed by atoms with Crippen LogP contribution in [0.15, 0.2) is 70.6 Å². The summed E-state index contributed by atoms with van der Waals surface area (Å²) in [5.74, 6) is 0.339. The van der Waals surface area contributed by atoms with E-state index in [0.29, 0.717) is 44.4 Å². The summed E-state index contributed by atoms with van der Waals surface area (Å²) in [6.07, 6.45) is 1.75. The van der Waals surface area contributed by atoms with E-state index in [-0.39, 0.29) is 18.1 Å². The maximum absolute atomic E-state index is 13.1. The Morgan fingerprint density at radius 2 is 1.79 bits per heavy atom. The molecule has 1 aliphatic rings. The summed E-state index contributed by atoms with van der Waals surface area (Å²) in [4.78, 5) is 30.9. The lowest BCUT2D eigenvalue weighted by molar-refractivity contribution is -0.122. The predicted octanol–water partition coefficient (Wildman–Crippen LogP) is 6.26. The Labute approximate surface area is 229 Å². The quantitative estimate of drug-likeness (QED) is 0.313. The molecule has 1 heterocycles. The Balaban J connectivity index is 1.55. The van der Waals surface area contributed by atoms with Gasteiger partial charge in [-0.25, -0.2) is 9.79 Å². The molecule has 1 N–H and O–H groups in total. The van der Waals surface area contributed by atoms with E-state index < -0.39 is 5.97 Å². The van der Waals surface area contributed by atoms with Gasteiger partial charge in [0.15, 0.2) is 16.7 Å². The standard InChI is InChI=1S/C28H25ClN2O6S/c1-4-31-26(32)24(38-28(31)30-20-9-11-21(35-2)12-10-20)15-18-13-22(29)25(23(14-18)36-3)37-16-17-5-7-19(8-6-17)27(33)34/h5-15H,4,16H2,1-3H3,(H,33,34)/b24-15+,30-28?. The van der Waals surface area contributed by atoms with Gasteiger partial charge in [-0.3, -0.25) is 9.69 Å². The number of ether oxygens (including phenoxy) is 3. The molecule has 1 fully saturated rings. The SMILES string of the molecule is CCN1C(=O)/C(=C\c2cc(Cl)c(OCc3ccc(C(=O)O)cc3)c(OC)c2)SC1=Nc1ccc(OC)cc1. The van der Waals surface area contributed by atoms with E-state index in [2.05, 4.69) is 4.99 Å². The van der Waals surface area contributed by atoms with Crippen LogP contribution in [0, 0.1) is 0 Å². The maximum Gasteiger partial charge on any atom is 0.335 e. The smallest absolute Gasteiger partial charge is 0.335 e. The van der Waals surface area contributed by atoms with Gasteiger partial charge in [0.25, 0.3) is 5.91 Å². The fourth-order valence-electron chi connectivity index (χ4n) is 3.65. The molecule has 0 radical (unpaired) electrons. The normalized spacial score (nSPS) is 15.3. The summed E-state index contributed by atoms with van der Waals surface area (Å²) < 4.78 is 16.6. The van der Waals surface area contributed by atoms with Crippen molar-refractivity contribution in [3.63, 3.8) is 0 Å². The fourth-order valence-corrected chi connectivity index (χ4v) is 4.99. The topological polar surface area (TPSA) is 97.7 Å². The third kappa shape index (κ3) is 6.12. The molecule has 1 amide bonds. The third-order valence-electron chi connectivity index (χ3n) is 5.64. The minimum Gasteiger partial charge on any atom is -0.497 e. The molecule has 10 heteroatoms. The van der Waals surface area contributed by atoms with Crippen LogP contribution in [-0.2, 0) is 11.4 Å². The zero-order chi connectivity index (χ0) is 27.2. The third-order valence-corrected chi connectivity index (χ3v) is 6.92. The second kappa shape index (κ2) is 12.1. The van der Waals surface area contributed by atoms with E-state index in [1.54, 1.807) is 42.4 Å². The lowest BCUT2D eigenvalue weighted by Crippen LogP contribution is -2.28. The molecule has 0 unspecified atom stereocenters. The highest BCUT2D eigenvalue weighted by molar-refractivity contribution is 8.18. The molecule has 3 aromatic rings. The number of carbonyl (C=O) groups excluding carboxylic acids is 1. The number of aromatic carboxylic acids is 1. The van der Waals surface area contributed by atoms with Gasteiger partial charge in [-0.15, -0.1) is 0 Å². The van der Waals surface area contributed by atoms with Crippen molar-refractivity contribution in [1.82, 2.24) is 4.90 Å². The largest absolute Gasteiger partial charge is 0.497 e. The number of amides is 1. The van der Waals surface area contributed by atoms with Crippen molar-refractivity contribution in [3.05, 3.63) is 87.3 Å². The van der Waals surface area contributed by atoms with Gasteiger partial charge in [-0.2, -0.15) is 0 Å². The first-order chi connectivity index (χ1) is 18.3. The van der Waals surface area contributed by atoms with Gasteiger partial charge in [-0.1, -0.05) is 23.7 Å². The first-order valence-electron chi connectivity index (χ1n) is 11.6. The number of aliphatic imine (C=N–C) groups is 1. The van der Waals surface area contributed by atoms with Crippen molar-refractivity contribution in [2.45, 2.75) is 13.5 Å². The predicted molar refractivity (Wildman–Crippen MR) is 149 cm³/mol. The summed E-state index contributed by atoms with van der Waals surface area (Å²) in [6.45, 7) is 2.54. The summed E-state index contributed by atoms with van der Waals surface area (Å²) in [5, 5.41) is 9.95. The van der Waals surface area contributed by atoms with Crippen molar-refractivity contribution < 1.29 is 28.9 Å². The number of rotatable bonds is 9. The van der Waals surface area contributed by atoms with Crippen molar-refractivity contribution in [1.29, 1.82) is 0 Å². The first-order valence-corrected chi connectivity index (χ1v) is 12.8. The molecule has 3 aromatic carbocycles. The number of carboxylic acids is 1. The zero-order valence-electron chi connectivity index (χ0n) is 20.9. The van der Waals surface area contributed by atoms with Gasteiger partial charge in [0.1, 0.15) is 12.4 Å². The van der Waals surface area contributed by atoms with Gasteiger partial charge >= 0.3 is 5.97 Å². The molecule has 38 heavy (non-hydrogen) atoms. The Bertz CT molecular complexity index is 1400. The Kier molecular flexibility index (Phi) is 8.60. The second-order valence-electron chi connectivity index (χ2n) is 8.08. The minimum atomic E-state index is -0.994. The summed E-state index contributed by atoms with van der Waals surface area (Å²) in [5.41, 5.74) is 2.35. The maximum atomic E-state index is 13.1. The fraction of sp³-hybridized carbons (Fsp3) is 0.179. The van der Waals surface area contributed by atoms with E-state index in [1.165, 1.54) is 31.0 Å². The number of methoxy groups -OCH3 is 2. The monoisotopic (exact) mass is 552 g/mol. The number of nitrogens with zero attached hydrogens (tertiary/aromatic N) is 2. The van der Waals surface area contributed by atoms with E-state index in [1.807, 2.05) is 31.2 Å². The van der Waals surface area contributed by atoms with E-state index in [0.717, 1.165) is 11.3 Å². The molecule has 0 aromatic heterocycles. The van der Waals surface area contributed by atoms with Crippen LogP contribution in [0.5, 0.6) is 17.2 Å². The highest BCUT2D eigenvalue weighted by atomic mass is 35.5. The van der Waals surface area contributed by atoms with Crippen molar-refractivity contribution >= 4 is 52.2 Å². The molecule has 0 saturated carbocycles. The van der Waals surface area contributed by atoms with Gasteiger partial charge < -0.3 is 19.3 Å². The van der Waals surface area contributed by atoms with Crippen molar-refractivity contribution in [3.8, 4) is 17.2 Å². The van der Waals surface area contributed by atoms with Crippen molar-refractivity contribution in [2.24, 2.45) is 4.99 Å². The number of likely N-dealkylation sites (N-methyl/N-ethyl adjacent to an activating group) is 1. The Hall–Kier alpha value is -3.95. The van der Waals surface area contributed by atoms with Crippen LogP contribution in [0.25, 0.3) is 6.08 Å². The van der Waals surface area contributed by atoms with Crippen LogP contribution >= 0.6 is 23.4 Å². The molecule has 0 atom stereocenters. The van der Waals surface area contributed by atoms with Gasteiger partial charge in [0, 0.05) is 6.54 Å². The van der Waals surface area contributed by atoms with E-state index in [9.17, 15) is 9.59 Å². The minimum absolute atomic E-state index is 0.148. The van der Waals surface area contributed by atoms with Crippen molar-refractivity contribution in [2.75, 3.05) is 20.8 Å². The van der Waals surface area contributed by atoms with Crippen LogP contribution in [-0.4, -0.2) is 47.8 Å². The molecule has 1 saturated heterocycles. The summed E-state index contributed by atoms with van der Waals surface area (Å²) >= 11 is 7.82. The Morgan fingerprint density at radius 3 is 2.39 bits per heavy atom. The number of carbonyl (C=O) groups is 2. The van der Waals surface area contributed by atoms with Crippen LogP contribution in [0.3, 0.4) is 0 Å². The number of hydrogen-bond donors (Lipinski definition) is 1. The highest BCUT2D eigenvalue weighted by Crippen LogP contribution is 2.40. The first kappa shape index (κ1) is 27.1. The average molecular weight is 553 g/mol. The highest BCUT2D eigenvalue weighted by Gasteiger charge is 2.32. The number of benzene rings is 3. The number of carboxylic acid groups (broad SMARTS) is 1. The van der Waals surface area contributed by atoms with Crippen LogP contribution in [0.4, 0.5) is 5.69 Å². The number of hydrogen-bond acceptors (Lipinski definition) is 7. The van der Waals surface area contributed by atoms with E-state index >= 15 is 0 Å². The molecular weight excluding hydrogens is 528 g/mol. The molecule has 1 aliphatic heterocycles. The lowest BCUT2D eigenvalue weighted by atomic mass is 10.1. The lowest BCUT2D eigenvalue weighted by Gasteiger charge is -2.14. The van der Waals surface area contributed by atoms with Gasteiger partial charge in [0.2, 0.25) is 0 Å². The summed E-state index contributed by atoms with van der Waals surface area (Å²) in [7, 11) is 3.11. The van der Waals surface area contributed by atoms with E-state index in [4.69, 9.17) is 30.9 Å². The molecule has 8 nitrogen and oxygen atoms in total.